The summed E-state index contributed by atoms with van der Waals surface area (Å²) in [7, 11) is 1.38. The Morgan fingerprint density at radius 2 is 2.14 bits per heavy atom. The second kappa shape index (κ2) is 9.13. The first-order valence-electron chi connectivity index (χ1n) is 10.3. The summed E-state index contributed by atoms with van der Waals surface area (Å²) in [4.78, 5) is 33.1. The molecule has 7 nitrogen and oxygen atoms in total. The van der Waals surface area contributed by atoms with Gasteiger partial charge in [-0.2, -0.15) is 0 Å². The second-order valence-electron chi connectivity index (χ2n) is 8.14. The Labute approximate surface area is 172 Å². The minimum atomic E-state index is -0.632. The highest BCUT2D eigenvalue weighted by Crippen LogP contribution is 2.44. The van der Waals surface area contributed by atoms with Crippen LogP contribution in [0.2, 0.25) is 0 Å². The molecule has 1 spiro atoms. The molecule has 29 heavy (non-hydrogen) atoms. The smallest absolute Gasteiger partial charge is 0.311 e. The average molecular weight is 405 g/mol. The predicted molar refractivity (Wildman–Crippen MR) is 108 cm³/mol. The van der Waals surface area contributed by atoms with Gasteiger partial charge in [0, 0.05) is 25.4 Å². The number of hydrogen-bond donors (Lipinski definition) is 0. The minimum Gasteiger partial charge on any atom is -0.469 e. The molecule has 2 fully saturated rings. The van der Waals surface area contributed by atoms with Crippen LogP contribution in [0.15, 0.2) is 29.2 Å². The molecular formula is C22H32N2O5. The summed E-state index contributed by atoms with van der Waals surface area (Å²) >= 11 is 0. The van der Waals surface area contributed by atoms with Crippen molar-refractivity contribution in [3.8, 4) is 0 Å². The van der Waals surface area contributed by atoms with Crippen LogP contribution in [0.4, 0.5) is 0 Å². The van der Waals surface area contributed by atoms with Crippen molar-refractivity contribution in [2.24, 2.45) is 5.92 Å². The van der Waals surface area contributed by atoms with Crippen molar-refractivity contribution in [2.45, 2.75) is 51.0 Å². The summed E-state index contributed by atoms with van der Waals surface area (Å²) < 4.78 is 10.7. The predicted octanol–water partition coefficient (Wildman–Crippen LogP) is 3.06. The van der Waals surface area contributed by atoms with E-state index < -0.39 is 11.5 Å². The lowest BCUT2D eigenvalue weighted by Gasteiger charge is -2.45. The number of nitrogens with zero attached hydrogens (tertiary/aromatic N) is 2. The van der Waals surface area contributed by atoms with Gasteiger partial charge in [-0.3, -0.25) is 14.4 Å². The van der Waals surface area contributed by atoms with Crippen LogP contribution in [-0.2, 0) is 19.2 Å². The molecule has 1 aromatic rings. The van der Waals surface area contributed by atoms with E-state index in [1.807, 2.05) is 19.1 Å². The molecule has 0 saturated carbocycles. The van der Waals surface area contributed by atoms with Gasteiger partial charge in [0.15, 0.2) is 0 Å². The summed E-state index contributed by atoms with van der Waals surface area (Å²) in [5.41, 5.74) is -0.632. The standard InChI is InChI=1S/C22H32N2O5/c1-5-14-28-24-20(25)15-18(21(26)27-4)22(24)9-12-23(13-10-22)11-8-16(2)19-7-6-17(3)29-19/h5-7,16,18H,1,8-15H2,2-4H3. The Bertz CT molecular complexity index is 735. The van der Waals surface area contributed by atoms with Crippen LogP contribution in [0.5, 0.6) is 0 Å². The third-order valence-corrected chi connectivity index (χ3v) is 6.31. The Balaban J connectivity index is 1.63. The number of likely N-dealkylation sites (tertiary alicyclic amines) is 1. The molecular weight excluding hydrogens is 372 g/mol. The van der Waals surface area contributed by atoms with Gasteiger partial charge >= 0.3 is 5.97 Å². The second-order valence-corrected chi connectivity index (χ2v) is 8.14. The van der Waals surface area contributed by atoms with Gasteiger partial charge in [-0.15, -0.1) is 6.58 Å². The van der Waals surface area contributed by atoms with E-state index in [-0.39, 0.29) is 24.9 Å². The van der Waals surface area contributed by atoms with E-state index in [1.54, 1.807) is 6.08 Å². The fraction of sp³-hybridized carbons (Fsp3) is 0.636. The van der Waals surface area contributed by atoms with E-state index in [9.17, 15) is 9.59 Å². The van der Waals surface area contributed by atoms with E-state index in [2.05, 4.69) is 18.4 Å². The third-order valence-electron chi connectivity index (χ3n) is 6.31. The third kappa shape index (κ3) is 4.41. The van der Waals surface area contributed by atoms with Gasteiger partial charge in [0.05, 0.1) is 25.2 Å². The molecule has 3 heterocycles. The van der Waals surface area contributed by atoms with Crippen molar-refractivity contribution >= 4 is 11.9 Å². The molecule has 3 rings (SSSR count). The molecule has 1 aromatic heterocycles. The number of rotatable bonds is 8. The summed E-state index contributed by atoms with van der Waals surface area (Å²) in [6.45, 7) is 10.6. The fourth-order valence-electron chi connectivity index (χ4n) is 4.56. The van der Waals surface area contributed by atoms with E-state index in [0.29, 0.717) is 18.8 Å². The number of aryl methyl sites for hydroxylation is 1. The van der Waals surface area contributed by atoms with Crippen LogP contribution in [0, 0.1) is 12.8 Å². The van der Waals surface area contributed by atoms with Crippen molar-refractivity contribution in [2.75, 3.05) is 33.4 Å². The molecule has 160 valence electrons. The van der Waals surface area contributed by atoms with Gasteiger partial charge in [0.25, 0.3) is 0 Å². The van der Waals surface area contributed by atoms with Gasteiger partial charge in [0.2, 0.25) is 5.91 Å². The normalized spacial score (nSPS) is 22.8. The summed E-state index contributed by atoms with van der Waals surface area (Å²) in [6.07, 6.45) is 4.11. The van der Waals surface area contributed by atoms with Crippen molar-refractivity contribution in [1.82, 2.24) is 9.96 Å². The molecule has 0 radical (unpaired) electrons. The summed E-state index contributed by atoms with van der Waals surface area (Å²) in [6, 6.07) is 4.05. The summed E-state index contributed by atoms with van der Waals surface area (Å²) in [5, 5.41) is 1.45. The maximum atomic E-state index is 12.6. The van der Waals surface area contributed by atoms with Crippen LogP contribution < -0.4 is 0 Å². The highest BCUT2D eigenvalue weighted by Gasteiger charge is 2.58. The molecule has 0 bridgehead atoms. The lowest BCUT2D eigenvalue weighted by Crippen LogP contribution is -2.57. The Hall–Kier alpha value is -2.12. The van der Waals surface area contributed by atoms with E-state index >= 15 is 0 Å². The SMILES string of the molecule is C=CCON1C(=O)CC(C(=O)OC)C12CCN(CCC(C)c1ccc(C)o1)CC2. The summed E-state index contributed by atoms with van der Waals surface area (Å²) in [5.74, 6) is 1.33. The zero-order chi connectivity index (χ0) is 21.0. The monoisotopic (exact) mass is 404 g/mol. The number of methoxy groups -OCH3 is 1. The molecule has 2 aliphatic rings. The van der Waals surface area contributed by atoms with Gasteiger partial charge in [0.1, 0.15) is 11.5 Å². The Kier molecular flexibility index (Phi) is 6.80. The van der Waals surface area contributed by atoms with E-state index in [4.69, 9.17) is 14.0 Å². The number of piperidine rings is 1. The number of carbonyl (C=O) groups is 2. The maximum absolute atomic E-state index is 12.6. The number of hydroxylamine groups is 2. The molecule has 0 aliphatic carbocycles. The first kappa shape index (κ1) is 21.6. The van der Waals surface area contributed by atoms with Crippen LogP contribution in [0.3, 0.4) is 0 Å². The van der Waals surface area contributed by atoms with E-state index in [1.165, 1.54) is 12.2 Å². The van der Waals surface area contributed by atoms with Gasteiger partial charge in [-0.1, -0.05) is 13.0 Å². The Morgan fingerprint density at radius 3 is 2.72 bits per heavy atom. The van der Waals surface area contributed by atoms with Gasteiger partial charge in [-0.25, -0.2) is 5.06 Å². The average Bonchev–Trinajstić information content (AvgIpc) is 3.27. The van der Waals surface area contributed by atoms with Crippen LogP contribution in [0.1, 0.15) is 50.0 Å². The van der Waals surface area contributed by atoms with Crippen molar-refractivity contribution < 1.29 is 23.6 Å². The number of ether oxygens (including phenoxy) is 1. The molecule has 0 N–H and O–H groups in total. The quantitative estimate of drug-likeness (QED) is 0.490. The van der Waals surface area contributed by atoms with Crippen LogP contribution >= 0.6 is 0 Å². The molecule has 0 aromatic carbocycles. The molecule has 7 heteroatoms. The molecule has 2 unspecified atom stereocenters. The fourth-order valence-corrected chi connectivity index (χ4v) is 4.56. The first-order valence-corrected chi connectivity index (χ1v) is 10.3. The highest BCUT2D eigenvalue weighted by atomic mass is 16.7. The van der Waals surface area contributed by atoms with Crippen molar-refractivity contribution in [3.05, 3.63) is 36.3 Å². The zero-order valence-corrected chi connectivity index (χ0v) is 17.7. The number of esters is 1. The van der Waals surface area contributed by atoms with Crippen molar-refractivity contribution in [3.63, 3.8) is 0 Å². The molecule has 2 atom stereocenters. The lowest BCUT2D eigenvalue weighted by atomic mass is 9.77. The van der Waals surface area contributed by atoms with Crippen LogP contribution in [-0.4, -0.2) is 60.7 Å². The maximum Gasteiger partial charge on any atom is 0.311 e. The number of amides is 1. The topological polar surface area (TPSA) is 72.2 Å². The first-order chi connectivity index (χ1) is 13.9. The largest absolute Gasteiger partial charge is 0.469 e. The number of carbonyl (C=O) groups excluding carboxylic acids is 2. The van der Waals surface area contributed by atoms with Gasteiger partial charge < -0.3 is 14.1 Å². The number of hydrogen-bond acceptors (Lipinski definition) is 6. The van der Waals surface area contributed by atoms with Crippen molar-refractivity contribution in [1.29, 1.82) is 0 Å². The van der Waals surface area contributed by atoms with Gasteiger partial charge in [-0.05, 0) is 44.9 Å². The zero-order valence-electron chi connectivity index (χ0n) is 17.7. The Morgan fingerprint density at radius 1 is 1.41 bits per heavy atom. The molecule has 2 saturated heterocycles. The van der Waals surface area contributed by atoms with E-state index in [0.717, 1.165) is 37.6 Å². The molecule has 1 amide bonds. The molecule has 2 aliphatic heterocycles. The lowest BCUT2D eigenvalue weighted by molar-refractivity contribution is -0.218. The minimum absolute atomic E-state index is 0.138. The van der Waals surface area contributed by atoms with Crippen LogP contribution in [0.25, 0.3) is 0 Å². The highest BCUT2D eigenvalue weighted by molar-refractivity contribution is 5.88. The number of furan rings is 1.